The van der Waals surface area contributed by atoms with Crippen molar-refractivity contribution < 1.29 is 4.74 Å². The van der Waals surface area contributed by atoms with Crippen molar-refractivity contribution in [1.82, 2.24) is 4.90 Å². The molecular weight excluding hydrogens is 232 g/mol. The standard InChI is InChI=1S/C13H22N2OS/c1-11(8-14)9-15(2)12-3-5-16-13(7-12)4-6-17-10-13/h11-12H,3-7,9-10H2,1-2H3. The minimum absolute atomic E-state index is 0.122. The molecule has 2 saturated heterocycles. The predicted octanol–water partition coefficient (Wildman–Crippen LogP) is 2.13. The van der Waals surface area contributed by atoms with Gasteiger partial charge in [-0.3, -0.25) is 0 Å². The van der Waals surface area contributed by atoms with Crippen LogP contribution in [-0.2, 0) is 4.74 Å². The highest BCUT2D eigenvalue weighted by Gasteiger charge is 2.41. The van der Waals surface area contributed by atoms with E-state index < -0.39 is 0 Å². The third-order valence-electron chi connectivity index (χ3n) is 3.94. The quantitative estimate of drug-likeness (QED) is 0.773. The van der Waals surface area contributed by atoms with Gasteiger partial charge < -0.3 is 9.64 Å². The van der Waals surface area contributed by atoms with Crippen LogP contribution in [0.1, 0.15) is 26.2 Å². The van der Waals surface area contributed by atoms with E-state index >= 15 is 0 Å². The van der Waals surface area contributed by atoms with Gasteiger partial charge in [0.1, 0.15) is 0 Å². The molecule has 17 heavy (non-hydrogen) atoms. The van der Waals surface area contributed by atoms with Crippen molar-refractivity contribution in [2.75, 3.05) is 31.7 Å². The van der Waals surface area contributed by atoms with Gasteiger partial charge in [0.15, 0.2) is 0 Å². The minimum atomic E-state index is 0.122. The topological polar surface area (TPSA) is 36.3 Å². The zero-order valence-electron chi connectivity index (χ0n) is 10.8. The summed E-state index contributed by atoms with van der Waals surface area (Å²) in [5, 5.41) is 8.88. The predicted molar refractivity (Wildman–Crippen MR) is 71.1 cm³/mol. The lowest BCUT2D eigenvalue weighted by molar-refractivity contribution is -0.0870. The number of ether oxygens (including phenoxy) is 1. The lowest BCUT2D eigenvalue weighted by Crippen LogP contribution is -2.48. The van der Waals surface area contributed by atoms with Gasteiger partial charge in [-0.05, 0) is 39.0 Å². The zero-order chi connectivity index (χ0) is 12.3. The average Bonchev–Trinajstić information content (AvgIpc) is 2.77. The lowest BCUT2D eigenvalue weighted by Gasteiger charge is -2.41. The molecule has 1 spiro atoms. The molecular formula is C13H22N2OS. The number of hydrogen-bond donors (Lipinski definition) is 0. The smallest absolute Gasteiger partial charge is 0.0795 e. The highest BCUT2D eigenvalue weighted by molar-refractivity contribution is 7.99. The Balaban J connectivity index is 1.90. The van der Waals surface area contributed by atoms with E-state index in [2.05, 4.69) is 18.0 Å². The van der Waals surface area contributed by atoms with Crippen molar-refractivity contribution in [2.24, 2.45) is 5.92 Å². The molecule has 0 saturated carbocycles. The fraction of sp³-hybridized carbons (Fsp3) is 0.923. The van der Waals surface area contributed by atoms with Crippen LogP contribution in [-0.4, -0.2) is 48.2 Å². The molecule has 3 atom stereocenters. The molecule has 0 aliphatic carbocycles. The molecule has 0 N–H and O–H groups in total. The van der Waals surface area contributed by atoms with Crippen LogP contribution in [0.5, 0.6) is 0 Å². The van der Waals surface area contributed by atoms with E-state index in [1.54, 1.807) is 0 Å². The Labute approximate surface area is 108 Å². The van der Waals surface area contributed by atoms with Crippen molar-refractivity contribution in [3.63, 3.8) is 0 Å². The van der Waals surface area contributed by atoms with Crippen molar-refractivity contribution in [3.05, 3.63) is 0 Å². The van der Waals surface area contributed by atoms with Crippen LogP contribution < -0.4 is 0 Å². The second kappa shape index (κ2) is 5.60. The molecule has 0 aromatic carbocycles. The van der Waals surface area contributed by atoms with Crippen molar-refractivity contribution in [3.8, 4) is 6.07 Å². The van der Waals surface area contributed by atoms with E-state index in [0.717, 1.165) is 31.7 Å². The molecule has 0 aromatic rings. The first-order valence-corrected chi connectivity index (χ1v) is 7.62. The van der Waals surface area contributed by atoms with Gasteiger partial charge in [0, 0.05) is 24.9 Å². The molecule has 3 unspecified atom stereocenters. The minimum Gasteiger partial charge on any atom is -0.374 e. The van der Waals surface area contributed by atoms with E-state index in [4.69, 9.17) is 10.00 Å². The van der Waals surface area contributed by atoms with Crippen molar-refractivity contribution in [2.45, 2.75) is 37.8 Å². The SMILES string of the molecule is CC(C#N)CN(C)C1CCOC2(CCSC2)C1. The molecule has 0 bridgehead atoms. The first kappa shape index (κ1) is 13.2. The van der Waals surface area contributed by atoms with Crippen LogP contribution in [0, 0.1) is 17.2 Å². The van der Waals surface area contributed by atoms with Crippen LogP contribution in [0.15, 0.2) is 0 Å². The zero-order valence-corrected chi connectivity index (χ0v) is 11.6. The van der Waals surface area contributed by atoms with Crippen molar-refractivity contribution >= 4 is 11.8 Å². The van der Waals surface area contributed by atoms with Crippen LogP contribution in [0.25, 0.3) is 0 Å². The Morgan fingerprint density at radius 3 is 3.12 bits per heavy atom. The molecule has 0 amide bonds. The third kappa shape index (κ3) is 3.15. The molecule has 0 aromatic heterocycles. The van der Waals surface area contributed by atoms with Gasteiger partial charge in [0.05, 0.1) is 17.6 Å². The molecule has 2 rings (SSSR count). The molecule has 2 aliphatic heterocycles. The average molecular weight is 254 g/mol. The largest absolute Gasteiger partial charge is 0.374 e. The maximum atomic E-state index is 8.88. The summed E-state index contributed by atoms with van der Waals surface area (Å²) in [6.07, 6.45) is 3.46. The van der Waals surface area contributed by atoms with Gasteiger partial charge in [-0.15, -0.1) is 0 Å². The van der Waals surface area contributed by atoms with Gasteiger partial charge >= 0.3 is 0 Å². The van der Waals surface area contributed by atoms with E-state index in [9.17, 15) is 0 Å². The fourth-order valence-electron chi connectivity index (χ4n) is 2.86. The van der Waals surface area contributed by atoms with Crippen LogP contribution >= 0.6 is 11.8 Å². The highest BCUT2D eigenvalue weighted by Crippen LogP contribution is 2.39. The molecule has 2 heterocycles. The summed E-state index contributed by atoms with van der Waals surface area (Å²) in [5.41, 5.74) is 0.151. The summed E-state index contributed by atoms with van der Waals surface area (Å²) >= 11 is 2.02. The van der Waals surface area contributed by atoms with Gasteiger partial charge in [0.2, 0.25) is 0 Å². The van der Waals surface area contributed by atoms with Crippen LogP contribution in [0.4, 0.5) is 0 Å². The Morgan fingerprint density at radius 2 is 2.47 bits per heavy atom. The maximum absolute atomic E-state index is 8.88. The Hall–Kier alpha value is -0.240. The summed E-state index contributed by atoms with van der Waals surface area (Å²) < 4.78 is 6.03. The molecule has 3 nitrogen and oxygen atoms in total. The highest BCUT2D eigenvalue weighted by atomic mass is 32.2. The van der Waals surface area contributed by atoms with Gasteiger partial charge in [-0.2, -0.15) is 17.0 Å². The molecule has 0 radical (unpaired) electrons. The van der Waals surface area contributed by atoms with Gasteiger partial charge in [-0.25, -0.2) is 0 Å². The van der Waals surface area contributed by atoms with Gasteiger partial charge in [-0.1, -0.05) is 0 Å². The first-order valence-electron chi connectivity index (χ1n) is 6.47. The summed E-state index contributed by atoms with van der Waals surface area (Å²) in [7, 11) is 2.15. The Bertz CT molecular complexity index is 296. The van der Waals surface area contributed by atoms with Crippen LogP contribution in [0.2, 0.25) is 0 Å². The molecule has 2 fully saturated rings. The summed E-state index contributed by atoms with van der Waals surface area (Å²) in [6.45, 7) is 3.76. The monoisotopic (exact) mass is 254 g/mol. The van der Waals surface area contributed by atoms with Crippen molar-refractivity contribution in [1.29, 1.82) is 5.26 Å². The summed E-state index contributed by atoms with van der Waals surface area (Å²) in [6, 6.07) is 2.91. The molecule has 96 valence electrons. The summed E-state index contributed by atoms with van der Waals surface area (Å²) in [5.74, 6) is 2.52. The van der Waals surface area contributed by atoms with E-state index in [1.807, 2.05) is 18.7 Å². The van der Waals surface area contributed by atoms with Gasteiger partial charge in [0.25, 0.3) is 0 Å². The lowest BCUT2D eigenvalue weighted by atomic mass is 9.89. The maximum Gasteiger partial charge on any atom is 0.0795 e. The normalized spacial score (nSPS) is 35.1. The number of rotatable bonds is 3. The second-order valence-electron chi connectivity index (χ2n) is 5.45. The Kier molecular flexibility index (Phi) is 4.35. The van der Waals surface area contributed by atoms with E-state index in [1.165, 1.54) is 12.2 Å². The van der Waals surface area contributed by atoms with Crippen LogP contribution in [0.3, 0.4) is 0 Å². The summed E-state index contributed by atoms with van der Waals surface area (Å²) in [4.78, 5) is 2.36. The third-order valence-corrected chi connectivity index (χ3v) is 5.16. The van der Waals surface area contributed by atoms with E-state index in [-0.39, 0.29) is 11.5 Å². The van der Waals surface area contributed by atoms with E-state index in [0.29, 0.717) is 6.04 Å². The first-order chi connectivity index (χ1) is 8.15. The second-order valence-corrected chi connectivity index (χ2v) is 6.56. The number of nitrogens with zero attached hydrogens (tertiary/aromatic N) is 2. The molecule has 4 heteroatoms. The molecule has 2 aliphatic rings. The number of hydrogen-bond acceptors (Lipinski definition) is 4. The number of thioether (sulfide) groups is 1. The fourth-order valence-corrected chi connectivity index (χ4v) is 4.24. The Morgan fingerprint density at radius 1 is 1.65 bits per heavy atom. The number of nitriles is 1.